The van der Waals surface area contributed by atoms with E-state index in [1.807, 2.05) is 43.3 Å². The predicted molar refractivity (Wildman–Crippen MR) is 82.5 cm³/mol. The molecule has 5 heteroatoms. The summed E-state index contributed by atoms with van der Waals surface area (Å²) in [5.74, 6) is -0.269. The second-order valence-corrected chi connectivity index (χ2v) is 5.86. The molecule has 3 nitrogen and oxygen atoms in total. The van der Waals surface area contributed by atoms with Crippen LogP contribution in [0.5, 0.6) is 0 Å². The minimum atomic E-state index is -0.313. The van der Waals surface area contributed by atoms with E-state index < -0.39 is 0 Å². The monoisotopic (exact) mass is 299 g/mol. The fraction of sp³-hybridized carbons (Fsp3) is 0.125. The van der Waals surface area contributed by atoms with Crippen LogP contribution in [0.25, 0.3) is 10.6 Å². The maximum absolute atomic E-state index is 13.5. The molecule has 0 spiro atoms. The van der Waals surface area contributed by atoms with Gasteiger partial charge in [-0.25, -0.2) is 4.39 Å². The van der Waals surface area contributed by atoms with Gasteiger partial charge in [0.1, 0.15) is 15.8 Å². The first-order valence-electron chi connectivity index (χ1n) is 6.55. The van der Waals surface area contributed by atoms with Crippen LogP contribution in [-0.2, 0) is 0 Å². The first kappa shape index (κ1) is 13.9. The zero-order chi connectivity index (χ0) is 14.8. The molecule has 0 aliphatic carbocycles. The average Bonchev–Trinajstić information content (AvgIpc) is 2.96. The Morgan fingerprint density at radius 2 is 1.86 bits per heavy atom. The van der Waals surface area contributed by atoms with Crippen molar-refractivity contribution in [3.05, 3.63) is 70.5 Å². The molecule has 0 saturated carbocycles. The number of nitrogens with two attached hydrogens (primary N) is 1. The van der Waals surface area contributed by atoms with Gasteiger partial charge in [-0.1, -0.05) is 41.7 Å². The number of nitrogens with zero attached hydrogens (tertiary/aromatic N) is 2. The number of hydrogen-bond donors (Lipinski definition) is 1. The van der Waals surface area contributed by atoms with Crippen LogP contribution in [0, 0.1) is 12.7 Å². The van der Waals surface area contributed by atoms with E-state index in [-0.39, 0.29) is 11.9 Å². The van der Waals surface area contributed by atoms with Crippen molar-refractivity contribution in [2.75, 3.05) is 0 Å². The van der Waals surface area contributed by atoms with E-state index in [1.165, 1.54) is 23.5 Å². The van der Waals surface area contributed by atoms with E-state index in [0.717, 1.165) is 21.7 Å². The van der Waals surface area contributed by atoms with E-state index in [0.29, 0.717) is 5.01 Å². The molecule has 1 atom stereocenters. The highest BCUT2D eigenvalue weighted by atomic mass is 32.1. The Labute approximate surface area is 126 Å². The summed E-state index contributed by atoms with van der Waals surface area (Å²) < 4.78 is 13.5. The third-order valence-corrected chi connectivity index (χ3v) is 4.21. The van der Waals surface area contributed by atoms with Gasteiger partial charge in [0.05, 0.1) is 6.04 Å². The van der Waals surface area contributed by atoms with Crippen LogP contribution in [-0.4, -0.2) is 10.2 Å². The van der Waals surface area contributed by atoms with E-state index in [9.17, 15) is 4.39 Å². The molecule has 0 bridgehead atoms. The fourth-order valence-electron chi connectivity index (χ4n) is 2.14. The molecule has 0 aliphatic rings. The first-order valence-corrected chi connectivity index (χ1v) is 7.36. The Bertz CT molecular complexity index is 735. The summed E-state index contributed by atoms with van der Waals surface area (Å²) in [7, 11) is 0. The number of benzene rings is 2. The summed E-state index contributed by atoms with van der Waals surface area (Å²) in [6.45, 7) is 1.85. The lowest BCUT2D eigenvalue weighted by molar-refractivity contribution is 0.627. The minimum Gasteiger partial charge on any atom is -0.318 e. The van der Waals surface area contributed by atoms with Crippen LogP contribution in [0.3, 0.4) is 0 Å². The smallest absolute Gasteiger partial charge is 0.147 e. The van der Waals surface area contributed by atoms with Gasteiger partial charge in [0.15, 0.2) is 0 Å². The maximum atomic E-state index is 13.5. The highest BCUT2D eigenvalue weighted by Crippen LogP contribution is 2.29. The van der Waals surface area contributed by atoms with E-state index in [4.69, 9.17) is 5.73 Å². The maximum Gasteiger partial charge on any atom is 0.147 e. The number of aromatic nitrogens is 2. The van der Waals surface area contributed by atoms with Crippen molar-refractivity contribution in [2.45, 2.75) is 13.0 Å². The largest absolute Gasteiger partial charge is 0.318 e. The third-order valence-electron chi connectivity index (χ3n) is 3.15. The zero-order valence-corrected chi connectivity index (χ0v) is 12.3. The van der Waals surface area contributed by atoms with Gasteiger partial charge in [-0.05, 0) is 36.2 Å². The Balaban J connectivity index is 1.93. The molecule has 1 heterocycles. The third kappa shape index (κ3) is 2.99. The number of rotatable bonds is 3. The van der Waals surface area contributed by atoms with Crippen molar-refractivity contribution in [1.82, 2.24) is 10.2 Å². The topological polar surface area (TPSA) is 51.8 Å². The van der Waals surface area contributed by atoms with E-state index in [1.54, 1.807) is 0 Å². The van der Waals surface area contributed by atoms with Crippen LogP contribution in [0.4, 0.5) is 4.39 Å². The van der Waals surface area contributed by atoms with Crippen LogP contribution in [0.15, 0.2) is 48.5 Å². The fourth-order valence-corrected chi connectivity index (χ4v) is 3.00. The van der Waals surface area contributed by atoms with Gasteiger partial charge in [0, 0.05) is 5.56 Å². The lowest BCUT2D eigenvalue weighted by atomic mass is 10.1. The van der Waals surface area contributed by atoms with Gasteiger partial charge < -0.3 is 5.73 Å². The minimum absolute atomic E-state index is 0.269. The molecule has 0 saturated heterocycles. The van der Waals surface area contributed by atoms with Crippen LogP contribution in [0.1, 0.15) is 22.2 Å². The summed E-state index contributed by atoms with van der Waals surface area (Å²) in [5, 5.41) is 9.69. The molecule has 3 rings (SSSR count). The molecule has 3 aromatic rings. The molecule has 0 fully saturated rings. The highest BCUT2D eigenvalue weighted by molar-refractivity contribution is 7.14. The molecule has 0 radical (unpaired) electrons. The molecular formula is C16H14FN3S. The molecule has 0 aliphatic heterocycles. The van der Waals surface area contributed by atoms with Gasteiger partial charge in [-0.2, -0.15) is 0 Å². The molecule has 0 amide bonds. The molecule has 21 heavy (non-hydrogen) atoms. The Hall–Kier alpha value is -2.11. The Morgan fingerprint density at radius 3 is 2.57 bits per heavy atom. The van der Waals surface area contributed by atoms with Crippen LogP contribution in [0.2, 0.25) is 0 Å². The number of aryl methyl sites for hydroxylation is 1. The van der Waals surface area contributed by atoms with Gasteiger partial charge in [0.2, 0.25) is 0 Å². The molecule has 2 N–H and O–H groups in total. The Morgan fingerprint density at radius 1 is 1.10 bits per heavy atom. The van der Waals surface area contributed by atoms with Gasteiger partial charge >= 0.3 is 0 Å². The second kappa shape index (κ2) is 5.71. The second-order valence-electron chi connectivity index (χ2n) is 4.85. The van der Waals surface area contributed by atoms with Crippen molar-refractivity contribution in [3.63, 3.8) is 0 Å². The SMILES string of the molecule is Cc1cc(F)cc(-c2nnc(C(N)c3ccccc3)s2)c1. The summed E-state index contributed by atoms with van der Waals surface area (Å²) in [6, 6.07) is 14.3. The summed E-state index contributed by atoms with van der Waals surface area (Å²) in [5.41, 5.74) is 8.77. The van der Waals surface area contributed by atoms with Crippen molar-refractivity contribution in [1.29, 1.82) is 0 Å². The molecular weight excluding hydrogens is 285 g/mol. The normalized spacial score (nSPS) is 12.3. The summed E-state index contributed by atoms with van der Waals surface area (Å²) in [4.78, 5) is 0. The van der Waals surface area contributed by atoms with Crippen LogP contribution < -0.4 is 5.73 Å². The van der Waals surface area contributed by atoms with Crippen molar-refractivity contribution in [2.24, 2.45) is 5.73 Å². The molecule has 2 aromatic carbocycles. The Kier molecular flexibility index (Phi) is 3.77. The average molecular weight is 299 g/mol. The molecule has 1 unspecified atom stereocenters. The lowest BCUT2D eigenvalue weighted by Crippen LogP contribution is -2.11. The highest BCUT2D eigenvalue weighted by Gasteiger charge is 2.15. The van der Waals surface area contributed by atoms with Crippen molar-refractivity contribution < 1.29 is 4.39 Å². The van der Waals surface area contributed by atoms with Gasteiger partial charge in [-0.15, -0.1) is 10.2 Å². The summed E-state index contributed by atoms with van der Waals surface area (Å²) in [6.07, 6.45) is 0. The van der Waals surface area contributed by atoms with E-state index in [2.05, 4.69) is 10.2 Å². The van der Waals surface area contributed by atoms with Crippen molar-refractivity contribution in [3.8, 4) is 10.6 Å². The van der Waals surface area contributed by atoms with Crippen LogP contribution >= 0.6 is 11.3 Å². The van der Waals surface area contributed by atoms with Gasteiger partial charge in [0.25, 0.3) is 0 Å². The number of halogens is 1. The summed E-state index contributed by atoms with van der Waals surface area (Å²) >= 11 is 1.39. The zero-order valence-electron chi connectivity index (χ0n) is 11.5. The standard InChI is InChI=1S/C16H14FN3S/c1-10-7-12(9-13(17)8-10)15-19-20-16(21-15)14(18)11-5-3-2-4-6-11/h2-9,14H,18H2,1H3. The quantitative estimate of drug-likeness (QED) is 0.802. The molecule has 106 valence electrons. The number of hydrogen-bond acceptors (Lipinski definition) is 4. The van der Waals surface area contributed by atoms with E-state index >= 15 is 0 Å². The van der Waals surface area contributed by atoms with Crippen molar-refractivity contribution >= 4 is 11.3 Å². The lowest BCUT2D eigenvalue weighted by Gasteiger charge is -2.07. The van der Waals surface area contributed by atoms with Gasteiger partial charge in [-0.3, -0.25) is 0 Å². The first-order chi connectivity index (χ1) is 10.1. The predicted octanol–water partition coefficient (Wildman–Crippen LogP) is 3.70. The molecule has 1 aromatic heterocycles.